The molecule has 1 aliphatic heterocycles. The Morgan fingerprint density at radius 1 is 1.26 bits per heavy atom. The van der Waals surface area contributed by atoms with E-state index in [1.807, 2.05) is 44.2 Å². The lowest BCUT2D eigenvalue weighted by Gasteiger charge is -2.33. The second-order valence-electron chi connectivity index (χ2n) is 5.46. The molecule has 0 radical (unpaired) electrons. The molecule has 0 bridgehead atoms. The molecule has 104 valence electrons. The van der Waals surface area contributed by atoms with Crippen molar-refractivity contribution in [2.24, 2.45) is 0 Å². The van der Waals surface area contributed by atoms with Gasteiger partial charge in [-0.2, -0.15) is 0 Å². The molecule has 1 aromatic carbocycles. The lowest BCUT2D eigenvalue weighted by molar-refractivity contribution is -0.145. The van der Waals surface area contributed by atoms with E-state index in [4.69, 9.17) is 4.84 Å². The summed E-state index contributed by atoms with van der Waals surface area (Å²) in [4.78, 5) is 19.7. The number of hydroxylamine groups is 1. The zero-order valence-electron chi connectivity index (χ0n) is 11.7. The van der Waals surface area contributed by atoms with Gasteiger partial charge in [-0.05, 0) is 45.3 Å². The van der Waals surface area contributed by atoms with Crippen molar-refractivity contribution >= 4 is 5.91 Å². The highest BCUT2D eigenvalue weighted by Gasteiger charge is 2.36. The van der Waals surface area contributed by atoms with E-state index < -0.39 is 5.54 Å². The van der Waals surface area contributed by atoms with Crippen LogP contribution in [0.25, 0.3) is 0 Å². The highest BCUT2D eigenvalue weighted by Crippen LogP contribution is 2.21. The van der Waals surface area contributed by atoms with Crippen LogP contribution in [0.15, 0.2) is 30.3 Å². The molecule has 4 nitrogen and oxygen atoms in total. The van der Waals surface area contributed by atoms with Gasteiger partial charge in [0, 0.05) is 0 Å². The molecule has 0 saturated carbocycles. The fraction of sp³-hybridized carbons (Fsp3) is 0.533. The lowest BCUT2D eigenvalue weighted by Crippen LogP contribution is -2.53. The van der Waals surface area contributed by atoms with Gasteiger partial charge in [0.2, 0.25) is 0 Å². The largest absolute Gasteiger partial charge is 0.290 e. The van der Waals surface area contributed by atoms with Gasteiger partial charge in [-0.15, -0.1) is 0 Å². The van der Waals surface area contributed by atoms with Crippen LogP contribution in [0.4, 0.5) is 0 Å². The topological polar surface area (TPSA) is 41.6 Å². The molecule has 1 N–H and O–H groups in total. The first kappa shape index (κ1) is 14.0. The van der Waals surface area contributed by atoms with Crippen molar-refractivity contribution in [1.29, 1.82) is 0 Å². The predicted molar refractivity (Wildman–Crippen MR) is 74.3 cm³/mol. The molecular weight excluding hydrogens is 240 g/mol. The maximum atomic E-state index is 12.2. The van der Waals surface area contributed by atoms with E-state index in [1.165, 1.54) is 12.8 Å². The molecule has 1 saturated heterocycles. The number of nitrogens with zero attached hydrogens (tertiary/aromatic N) is 1. The molecule has 1 aromatic rings. The van der Waals surface area contributed by atoms with E-state index in [9.17, 15) is 4.79 Å². The molecular formula is C15H22N2O2. The number of carbonyl (C=O) groups excluding carboxylic acids is 1. The van der Waals surface area contributed by atoms with Crippen molar-refractivity contribution < 1.29 is 9.63 Å². The molecule has 1 aliphatic rings. The molecule has 0 spiro atoms. The van der Waals surface area contributed by atoms with Crippen LogP contribution >= 0.6 is 0 Å². The molecule has 4 heteroatoms. The van der Waals surface area contributed by atoms with Crippen LogP contribution in [0.2, 0.25) is 0 Å². The summed E-state index contributed by atoms with van der Waals surface area (Å²) in [6.45, 7) is 6.25. The minimum absolute atomic E-state index is 0.0784. The molecule has 19 heavy (non-hydrogen) atoms. The van der Waals surface area contributed by atoms with Crippen LogP contribution < -0.4 is 5.48 Å². The van der Waals surface area contributed by atoms with Crippen molar-refractivity contribution in [2.75, 3.05) is 13.1 Å². The van der Waals surface area contributed by atoms with Crippen LogP contribution in [-0.4, -0.2) is 29.4 Å². The Bertz CT molecular complexity index is 411. The summed E-state index contributed by atoms with van der Waals surface area (Å²) in [5.74, 6) is -0.0784. The number of likely N-dealkylation sites (tertiary alicyclic amines) is 1. The van der Waals surface area contributed by atoms with Gasteiger partial charge in [0.1, 0.15) is 0 Å². The highest BCUT2D eigenvalue weighted by molar-refractivity contribution is 5.84. The summed E-state index contributed by atoms with van der Waals surface area (Å²) in [7, 11) is 0. The Hall–Kier alpha value is -1.39. The van der Waals surface area contributed by atoms with E-state index in [2.05, 4.69) is 10.4 Å². The Morgan fingerprint density at radius 3 is 2.53 bits per heavy atom. The normalized spacial score (nSPS) is 16.5. The molecule has 0 unspecified atom stereocenters. The first-order valence-corrected chi connectivity index (χ1v) is 6.82. The van der Waals surface area contributed by atoms with Gasteiger partial charge in [-0.3, -0.25) is 14.5 Å². The second-order valence-corrected chi connectivity index (χ2v) is 5.46. The van der Waals surface area contributed by atoms with Crippen molar-refractivity contribution in [3.8, 4) is 0 Å². The Morgan fingerprint density at radius 2 is 1.89 bits per heavy atom. The summed E-state index contributed by atoms with van der Waals surface area (Å²) in [6, 6.07) is 9.80. The van der Waals surface area contributed by atoms with Crippen LogP contribution in [0.5, 0.6) is 0 Å². The van der Waals surface area contributed by atoms with Crippen molar-refractivity contribution in [2.45, 2.75) is 38.8 Å². The third kappa shape index (κ3) is 3.55. The Labute approximate surface area is 114 Å². The Kier molecular flexibility index (Phi) is 4.56. The molecule has 2 rings (SSSR count). The third-order valence-electron chi connectivity index (χ3n) is 3.70. The van der Waals surface area contributed by atoms with Crippen LogP contribution in [-0.2, 0) is 16.2 Å². The second kappa shape index (κ2) is 6.17. The standard InChI is InChI=1S/C15H22N2O2/c1-15(2,17-10-6-7-11-17)14(18)16-19-12-13-8-4-3-5-9-13/h3-5,8-9H,6-7,10-12H2,1-2H3,(H,16,18). The van der Waals surface area contributed by atoms with E-state index in [1.54, 1.807) is 0 Å². The summed E-state index contributed by atoms with van der Waals surface area (Å²) in [6.07, 6.45) is 2.34. The number of benzene rings is 1. The van der Waals surface area contributed by atoms with Crippen LogP contribution in [0.3, 0.4) is 0 Å². The smallest absolute Gasteiger partial charge is 0.263 e. The monoisotopic (exact) mass is 262 g/mol. The number of nitrogens with one attached hydrogen (secondary N) is 1. The minimum Gasteiger partial charge on any atom is -0.290 e. The van der Waals surface area contributed by atoms with Gasteiger partial charge in [-0.1, -0.05) is 30.3 Å². The fourth-order valence-electron chi connectivity index (χ4n) is 2.30. The maximum absolute atomic E-state index is 12.2. The van der Waals surface area contributed by atoms with E-state index >= 15 is 0 Å². The zero-order valence-corrected chi connectivity index (χ0v) is 11.7. The molecule has 1 fully saturated rings. The lowest BCUT2D eigenvalue weighted by atomic mass is 10.0. The summed E-state index contributed by atoms with van der Waals surface area (Å²) < 4.78 is 0. The van der Waals surface area contributed by atoms with Crippen LogP contribution in [0.1, 0.15) is 32.3 Å². The van der Waals surface area contributed by atoms with Crippen molar-refractivity contribution in [3.05, 3.63) is 35.9 Å². The van der Waals surface area contributed by atoms with Gasteiger partial charge in [0.05, 0.1) is 12.1 Å². The predicted octanol–water partition coefficient (Wildman–Crippen LogP) is 2.11. The third-order valence-corrected chi connectivity index (χ3v) is 3.70. The molecule has 1 amide bonds. The molecule has 0 aliphatic carbocycles. The minimum atomic E-state index is -0.507. The first-order chi connectivity index (χ1) is 9.10. The average molecular weight is 262 g/mol. The van der Waals surface area contributed by atoms with Gasteiger partial charge >= 0.3 is 0 Å². The quantitative estimate of drug-likeness (QED) is 0.826. The van der Waals surface area contributed by atoms with E-state index in [-0.39, 0.29) is 5.91 Å². The molecule has 1 heterocycles. The van der Waals surface area contributed by atoms with Gasteiger partial charge < -0.3 is 0 Å². The summed E-state index contributed by atoms with van der Waals surface area (Å²) in [5.41, 5.74) is 3.10. The van der Waals surface area contributed by atoms with Gasteiger partial charge in [0.15, 0.2) is 0 Å². The molecule has 0 aromatic heterocycles. The van der Waals surface area contributed by atoms with E-state index in [0.29, 0.717) is 6.61 Å². The van der Waals surface area contributed by atoms with Crippen LogP contribution in [0, 0.1) is 0 Å². The number of rotatable bonds is 5. The molecule has 0 atom stereocenters. The summed E-state index contributed by atoms with van der Waals surface area (Å²) in [5, 5.41) is 0. The van der Waals surface area contributed by atoms with Gasteiger partial charge in [-0.25, -0.2) is 5.48 Å². The SMILES string of the molecule is CC(C)(C(=O)NOCc1ccccc1)N1CCCC1. The van der Waals surface area contributed by atoms with E-state index in [0.717, 1.165) is 18.7 Å². The van der Waals surface area contributed by atoms with Gasteiger partial charge in [0.25, 0.3) is 5.91 Å². The number of carbonyl (C=O) groups is 1. The number of amides is 1. The Balaban J connectivity index is 1.80. The summed E-state index contributed by atoms with van der Waals surface area (Å²) >= 11 is 0. The average Bonchev–Trinajstić information content (AvgIpc) is 2.94. The van der Waals surface area contributed by atoms with Crippen molar-refractivity contribution in [1.82, 2.24) is 10.4 Å². The maximum Gasteiger partial charge on any atom is 0.263 e. The highest BCUT2D eigenvalue weighted by atomic mass is 16.7. The first-order valence-electron chi connectivity index (χ1n) is 6.82. The number of hydrogen-bond acceptors (Lipinski definition) is 3. The number of hydrogen-bond donors (Lipinski definition) is 1. The van der Waals surface area contributed by atoms with Crippen molar-refractivity contribution in [3.63, 3.8) is 0 Å². The fourth-order valence-corrected chi connectivity index (χ4v) is 2.30. The zero-order chi connectivity index (χ0) is 13.7.